The standard InChI is InChI=1S/C42H62O5/c1-3-5-7-9-11-13-15-17-19-21-23-31-38(43)46-36-29-25-27-34-33-35-28-26-30-37(41(35)42(45)40(34)36)47-39(44)32-24-22-20-18-16-14-12-10-8-6-4-2/h25-30H,3-24,31-33H2,1-2H3. The summed E-state index contributed by atoms with van der Waals surface area (Å²) >= 11 is 0. The van der Waals surface area contributed by atoms with Crippen molar-refractivity contribution >= 4 is 17.7 Å². The van der Waals surface area contributed by atoms with E-state index in [9.17, 15) is 14.4 Å². The first-order valence-corrected chi connectivity index (χ1v) is 19.2. The van der Waals surface area contributed by atoms with Crippen LogP contribution in [0.25, 0.3) is 0 Å². The lowest BCUT2D eigenvalue weighted by molar-refractivity contribution is -0.135. The smallest absolute Gasteiger partial charge is 0.311 e. The summed E-state index contributed by atoms with van der Waals surface area (Å²) in [7, 11) is 0. The molecule has 47 heavy (non-hydrogen) atoms. The summed E-state index contributed by atoms with van der Waals surface area (Å²) in [4.78, 5) is 39.4. The van der Waals surface area contributed by atoms with Gasteiger partial charge in [0.15, 0.2) is 0 Å². The van der Waals surface area contributed by atoms with Crippen LogP contribution in [0.15, 0.2) is 36.4 Å². The zero-order chi connectivity index (χ0) is 33.5. The summed E-state index contributed by atoms with van der Waals surface area (Å²) in [6.07, 6.45) is 28.0. The Bertz CT molecular complexity index is 1120. The maximum absolute atomic E-state index is 13.8. The number of rotatable bonds is 26. The molecule has 5 heteroatoms. The Balaban J connectivity index is 1.41. The molecule has 0 heterocycles. The van der Waals surface area contributed by atoms with Crippen molar-refractivity contribution in [2.75, 3.05) is 0 Å². The Hall–Kier alpha value is -2.95. The highest BCUT2D eigenvalue weighted by Gasteiger charge is 2.30. The molecule has 0 saturated carbocycles. The summed E-state index contributed by atoms with van der Waals surface area (Å²) in [5.74, 6) is -0.265. The minimum Gasteiger partial charge on any atom is -0.426 e. The average Bonchev–Trinajstić information content (AvgIpc) is 3.06. The number of unbranched alkanes of at least 4 members (excludes halogenated alkanes) is 20. The van der Waals surface area contributed by atoms with E-state index in [2.05, 4.69) is 13.8 Å². The maximum Gasteiger partial charge on any atom is 0.311 e. The molecule has 0 unspecified atom stereocenters. The topological polar surface area (TPSA) is 69.7 Å². The van der Waals surface area contributed by atoms with Crippen molar-refractivity contribution in [1.29, 1.82) is 0 Å². The van der Waals surface area contributed by atoms with Gasteiger partial charge in [0.25, 0.3) is 0 Å². The van der Waals surface area contributed by atoms with Crippen LogP contribution in [0.5, 0.6) is 11.5 Å². The van der Waals surface area contributed by atoms with Crippen LogP contribution in [0.3, 0.4) is 0 Å². The normalized spacial score (nSPS) is 12.1. The third-order valence-corrected chi connectivity index (χ3v) is 9.48. The SMILES string of the molecule is CCCCCCCCCCCCCC(=O)Oc1cccc2c1C(=O)c1c(cccc1OC(=O)CCCCCCCCCCCCC)C2. The number of esters is 2. The van der Waals surface area contributed by atoms with E-state index in [4.69, 9.17) is 9.47 Å². The lowest BCUT2D eigenvalue weighted by Crippen LogP contribution is -2.20. The summed E-state index contributed by atoms with van der Waals surface area (Å²) < 4.78 is 11.5. The molecule has 0 radical (unpaired) electrons. The van der Waals surface area contributed by atoms with Gasteiger partial charge in [0.1, 0.15) is 11.5 Å². The average molecular weight is 647 g/mol. The number of carbonyl (C=O) groups is 3. The molecule has 3 rings (SSSR count). The van der Waals surface area contributed by atoms with E-state index in [1.807, 2.05) is 24.3 Å². The Morgan fingerprint density at radius 1 is 0.489 bits per heavy atom. The second-order valence-corrected chi connectivity index (χ2v) is 13.6. The summed E-state index contributed by atoms with van der Waals surface area (Å²) in [6, 6.07) is 10.9. The Morgan fingerprint density at radius 2 is 0.809 bits per heavy atom. The van der Waals surface area contributed by atoms with Crippen molar-refractivity contribution in [2.45, 2.75) is 174 Å². The van der Waals surface area contributed by atoms with E-state index >= 15 is 0 Å². The minimum absolute atomic E-state index is 0.252. The minimum atomic E-state index is -0.306. The van der Waals surface area contributed by atoms with E-state index in [0.717, 1.165) is 49.7 Å². The first kappa shape index (κ1) is 38.5. The van der Waals surface area contributed by atoms with Gasteiger partial charge < -0.3 is 9.47 Å². The molecule has 0 fully saturated rings. The van der Waals surface area contributed by atoms with Gasteiger partial charge in [-0.2, -0.15) is 0 Å². The first-order chi connectivity index (χ1) is 23.0. The molecular formula is C42H62O5. The highest BCUT2D eigenvalue weighted by Crippen LogP contribution is 2.37. The Morgan fingerprint density at radius 3 is 1.15 bits per heavy atom. The Kier molecular flexibility index (Phi) is 19.2. The highest BCUT2D eigenvalue weighted by atomic mass is 16.5. The fourth-order valence-electron chi connectivity index (χ4n) is 6.68. The molecule has 0 amide bonds. The van der Waals surface area contributed by atoms with Gasteiger partial charge in [-0.1, -0.05) is 167 Å². The molecular weight excluding hydrogens is 584 g/mol. The molecule has 0 aliphatic heterocycles. The molecule has 260 valence electrons. The van der Waals surface area contributed by atoms with Gasteiger partial charge in [0, 0.05) is 12.8 Å². The summed E-state index contributed by atoms with van der Waals surface area (Å²) in [5, 5.41) is 0. The van der Waals surface area contributed by atoms with Crippen LogP contribution in [0.1, 0.15) is 195 Å². The molecule has 0 saturated heterocycles. The van der Waals surface area contributed by atoms with Crippen molar-refractivity contribution in [1.82, 2.24) is 0 Å². The molecule has 1 aliphatic carbocycles. The molecule has 0 aromatic heterocycles. The van der Waals surface area contributed by atoms with Gasteiger partial charge in [0.05, 0.1) is 11.1 Å². The number of benzene rings is 2. The van der Waals surface area contributed by atoms with Gasteiger partial charge in [-0.3, -0.25) is 14.4 Å². The van der Waals surface area contributed by atoms with Gasteiger partial charge in [-0.25, -0.2) is 0 Å². The lowest BCUT2D eigenvalue weighted by atomic mass is 9.84. The number of ether oxygens (including phenoxy) is 2. The van der Waals surface area contributed by atoms with Crippen LogP contribution in [-0.4, -0.2) is 17.7 Å². The fraction of sp³-hybridized carbons (Fsp3) is 0.643. The third-order valence-electron chi connectivity index (χ3n) is 9.48. The zero-order valence-corrected chi connectivity index (χ0v) is 29.7. The predicted octanol–water partition coefficient (Wildman–Crippen LogP) is 12.0. The van der Waals surface area contributed by atoms with Crippen molar-refractivity contribution in [3.05, 3.63) is 58.7 Å². The van der Waals surface area contributed by atoms with E-state index in [1.165, 1.54) is 103 Å². The third kappa shape index (κ3) is 14.4. The summed E-state index contributed by atoms with van der Waals surface area (Å²) in [5.41, 5.74) is 2.46. The van der Waals surface area contributed by atoms with Gasteiger partial charge >= 0.3 is 11.9 Å². The molecule has 5 nitrogen and oxygen atoms in total. The van der Waals surface area contributed by atoms with E-state index in [1.54, 1.807) is 12.1 Å². The predicted molar refractivity (Wildman–Crippen MR) is 193 cm³/mol. The zero-order valence-electron chi connectivity index (χ0n) is 29.7. The van der Waals surface area contributed by atoms with Gasteiger partial charge in [-0.05, 0) is 42.5 Å². The largest absolute Gasteiger partial charge is 0.426 e. The molecule has 0 bridgehead atoms. The molecule has 2 aromatic carbocycles. The van der Waals surface area contributed by atoms with E-state index in [-0.39, 0.29) is 17.7 Å². The van der Waals surface area contributed by atoms with Gasteiger partial charge in [-0.15, -0.1) is 0 Å². The molecule has 0 N–H and O–H groups in total. The molecule has 2 aromatic rings. The van der Waals surface area contributed by atoms with E-state index in [0.29, 0.717) is 41.9 Å². The number of carbonyl (C=O) groups excluding carboxylic acids is 3. The summed E-state index contributed by atoms with van der Waals surface area (Å²) in [6.45, 7) is 4.50. The molecule has 1 aliphatic rings. The number of fused-ring (bicyclic) bond motifs is 2. The molecule has 0 spiro atoms. The second-order valence-electron chi connectivity index (χ2n) is 13.6. The Labute approximate surface area is 285 Å². The van der Waals surface area contributed by atoms with Gasteiger partial charge in [0.2, 0.25) is 5.78 Å². The number of hydrogen-bond donors (Lipinski definition) is 0. The van der Waals surface area contributed by atoms with Crippen molar-refractivity contribution in [3.8, 4) is 11.5 Å². The van der Waals surface area contributed by atoms with Crippen molar-refractivity contribution in [2.24, 2.45) is 0 Å². The molecule has 0 atom stereocenters. The lowest BCUT2D eigenvalue weighted by Gasteiger charge is -2.22. The first-order valence-electron chi connectivity index (χ1n) is 19.2. The fourth-order valence-corrected chi connectivity index (χ4v) is 6.68. The van der Waals surface area contributed by atoms with Crippen LogP contribution in [-0.2, 0) is 16.0 Å². The monoisotopic (exact) mass is 646 g/mol. The van der Waals surface area contributed by atoms with Crippen LogP contribution in [0.4, 0.5) is 0 Å². The highest BCUT2D eigenvalue weighted by molar-refractivity contribution is 6.16. The van der Waals surface area contributed by atoms with Crippen molar-refractivity contribution in [3.63, 3.8) is 0 Å². The van der Waals surface area contributed by atoms with Crippen LogP contribution in [0, 0.1) is 0 Å². The van der Waals surface area contributed by atoms with E-state index < -0.39 is 0 Å². The second kappa shape index (κ2) is 23.4. The number of ketones is 1. The van der Waals surface area contributed by atoms with Crippen LogP contribution in [0.2, 0.25) is 0 Å². The van der Waals surface area contributed by atoms with Crippen molar-refractivity contribution < 1.29 is 23.9 Å². The van der Waals surface area contributed by atoms with Crippen LogP contribution >= 0.6 is 0 Å². The number of hydrogen-bond acceptors (Lipinski definition) is 5. The maximum atomic E-state index is 13.8. The van der Waals surface area contributed by atoms with Crippen LogP contribution < -0.4 is 9.47 Å². The quantitative estimate of drug-likeness (QED) is 0.0493.